The predicted molar refractivity (Wildman–Crippen MR) is 99.3 cm³/mol. The number of hydrogen-bond donors (Lipinski definition) is 0. The number of hydrogen-bond acceptors (Lipinski definition) is 1. The summed E-state index contributed by atoms with van der Waals surface area (Å²) < 4.78 is 2.32. The molecule has 2 aromatic heterocycles. The van der Waals surface area contributed by atoms with Gasteiger partial charge < -0.3 is 0 Å². The normalized spacial score (nSPS) is 15.6. The molecule has 1 aliphatic rings. The van der Waals surface area contributed by atoms with E-state index in [4.69, 9.17) is 4.99 Å². The van der Waals surface area contributed by atoms with Crippen LogP contribution in [0.3, 0.4) is 0 Å². The van der Waals surface area contributed by atoms with E-state index >= 15 is 0 Å². The number of fused-ring (bicyclic) bond motifs is 5. The van der Waals surface area contributed by atoms with E-state index in [0.717, 1.165) is 5.49 Å². The van der Waals surface area contributed by atoms with Gasteiger partial charge in [-0.2, -0.15) is 0 Å². The van der Waals surface area contributed by atoms with Crippen LogP contribution >= 0.6 is 0 Å². The molecule has 0 N–H and O–H groups in total. The summed E-state index contributed by atoms with van der Waals surface area (Å²) in [6.07, 6.45) is 4.15. The summed E-state index contributed by atoms with van der Waals surface area (Å²) in [6, 6.07) is 21.5. The first-order chi connectivity index (χ1) is 11.7. The van der Waals surface area contributed by atoms with Crippen molar-refractivity contribution < 1.29 is 0 Å². The van der Waals surface area contributed by atoms with Crippen LogP contribution in [0.2, 0.25) is 0 Å². The lowest BCUT2D eigenvalue weighted by atomic mass is 9.81. The highest BCUT2D eigenvalue weighted by atomic mass is 15.0. The molecule has 2 nitrogen and oxygen atoms in total. The van der Waals surface area contributed by atoms with Gasteiger partial charge in [0.15, 0.2) is 0 Å². The van der Waals surface area contributed by atoms with Crippen LogP contribution in [0.4, 0.5) is 0 Å². The largest absolute Gasteiger partial charge is 0.294 e. The van der Waals surface area contributed by atoms with Crippen LogP contribution in [0.1, 0.15) is 19.4 Å². The Bertz CT molecular complexity index is 1160. The minimum absolute atomic E-state index is 0.0393. The molecule has 0 aliphatic carbocycles. The van der Waals surface area contributed by atoms with E-state index in [9.17, 15) is 0 Å². The predicted octanol–water partition coefficient (Wildman–Crippen LogP) is 4.90. The zero-order chi connectivity index (χ0) is 16.3. The Labute approximate surface area is 140 Å². The van der Waals surface area contributed by atoms with Crippen LogP contribution < -0.4 is 5.49 Å². The highest BCUT2D eigenvalue weighted by molar-refractivity contribution is 5.96. The first-order valence-electron chi connectivity index (χ1n) is 8.34. The molecule has 4 aromatic rings. The van der Waals surface area contributed by atoms with Gasteiger partial charge in [-0.15, -0.1) is 0 Å². The van der Waals surface area contributed by atoms with Crippen LogP contribution in [-0.4, -0.2) is 4.40 Å². The molecule has 0 bridgehead atoms. The fourth-order valence-corrected chi connectivity index (χ4v) is 3.93. The SMILES string of the molecule is CC1(C)C=CN=c2c1c(-c1ccccc1)c1cc3ccccc3n21. The molecule has 3 heterocycles. The van der Waals surface area contributed by atoms with E-state index in [1.807, 2.05) is 6.20 Å². The van der Waals surface area contributed by atoms with Gasteiger partial charge in [0.25, 0.3) is 0 Å². The lowest BCUT2D eigenvalue weighted by molar-refractivity contribution is 0.649. The zero-order valence-electron chi connectivity index (χ0n) is 13.8. The van der Waals surface area contributed by atoms with E-state index < -0.39 is 0 Å². The number of para-hydroxylation sites is 1. The molecular formula is C22H18N2. The number of benzene rings is 2. The van der Waals surface area contributed by atoms with Crippen molar-refractivity contribution in [1.29, 1.82) is 0 Å². The summed E-state index contributed by atoms with van der Waals surface area (Å²) in [5.41, 5.74) is 7.37. The summed E-state index contributed by atoms with van der Waals surface area (Å²) in [4.78, 5) is 4.77. The van der Waals surface area contributed by atoms with Crippen molar-refractivity contribution in [1.82, 2.24) is 4.40 Å². The van der Waals surface area contributed by atoms with Crippen molar-refractivity contribution in [2.45, 2.75) is 19.3 Å². The highest BCUT2D eigenvalue weighted by Crippen LogP contribution is 2.39. The van der Waals surface area contributed by atoms with Crippen molar-refractivity contribution in [3.8, 4) is 11.1 Å². The Kier molecular flexibility index (Phi) is 2.58. The van der Waals surface area contributed by atoms with E-state index in [-0.39, 0.29) is 5.41 Å². The molecule has 0 saturated heterocycles. The van der Waals surface area contributed by atoms with E-state index in [1.54, 1.807) is 0 Å². The van der Waals surface area contributed by atoms with Crippen molar-refractivity contribution in [2.24, 2.45) is 4.99 Å². The number of allylic oxidation sites excluding steroid dienone is 1. The van der Waals surface area contributed by atoms with Gasteiger partial charge in [-0.1, -0.05) is 68.5 Å². The van der Waals surface area contributed by atoms with Crippen LogP contribution in [0.25, 0.3) is 27.5 Å². The molecule has 5 rings (SSSR count). The van der Waals surface area contributed by atoms with Gasteiger partial charge in [0.2, 0.25) is 0 Å². The van der Waals surface area contributed by atoms with Crippen molar-refractivity contribution in [3.05, 3.63) is 84.0 Å². The average molecular weight is 310 g/mol. The zero-order valence-corrected chi connectivity index (χ0v) is 13.8. The second-order valence-corrected chi connectivity index (χ2v) is 7.03. The lowest BCUT2D eigenvalue weighted by Gasteiger charge is -2.23. The molecule has 0 fully saturated rings. The van der Waals surface area contributed by atoms with E-state index in [0.29, 0.717) is 0 Å². The van der Waals surface area contributed by atoms with Gasteiger partial charge in [0.1, 0.15) is 5.49 Å². The summed E-state index contributed by atoms with van der Waals surface area (Å²) in [5, 5.41) is 1.26. The minimum Gasteiger partial charge on any atom is -0.294 e. The highest BCUT2D eigenvalue weighted by Gasteiger charge is 2.30. The summed E-state index contributed by atoms with van der Waals surface area (Å²) in [7, 11) is 0. The molecular weight excluding hydrogens is 292 g/mol. The Morgan fingerprint density at radius 3 is 2.46 bits per heavy atom. The van der Waals surface area contributed by atoms with Crippen molar-refractivity contribution in [2.75, 3.05) is 0 Å². The monoisotopic (exact) mass is 310 g/mol. The maximum absolute atomic E-state index is 4.77. The molecule has 2 aromatic carbocycles. The van der Waals surface area contributed by atoms with Gasteiger partial charge in [0, 0.05) is 28.1 Å². The van der Waals surface area contributed by atoms with Crippen LogP contribution in [-0.2, 0) is 5.41 Å². The summed E-state index contributed by atoms with van der Waals surface area (Å²) in [5.74, 6) is 0. The molecule has 0 radical (unpaired) electrons. The standard InChI is InChI=1S/C22H18N2/c1-22(2)12-13-23-21-20(22)19(15-8-4-3-5-9-15)18-14-16-10-6-7-11-17(16)24(18)21/h3-14H,1-2H3. The molecule has 0 saturated carbocycles. The van der Waals surface area contributed by atoms with Gasteiger partial charge in [0.05, 0.1) is 11.0 Å². The Morgan fingerprint density at radius 1 is 0.875 bits per heavy atom. The van der Waals surface area contributed by atoms with Crippen LogP contribution in [0.15, 0.2) is 77.9 Å². The van der Waals surface area contributed by atoms with Crippen LogP contribution in [0.5, 0.6) is 0 Å². The lowest BCUT2D eigenvalue weighted by Crippen LogP contribution is -2.27. The smallest absolute Gasteiger partial charge is 0.142 e. The quantitative estimate of drug-likeness (QED) is 0.475. The third kappa shape index (κ3) is 1.68. The maximum atomic E-state index is 4.77. The summed E-state index contributed by atoms with van der Waals surface area (Å²) >= 11 is 0. The first-order valence-corrected chi connectivity index (χ1v) is 8.34. The Hall–Kier alpha value is -2.87. The molecule has 0 unspecified atom stereocenters. The van der Waals surface area contributed by atoms with Gasteiger partial charge in [-0.25, -0.2) is 4.99 Å². The van der Waals surface area contributed by atoms with E-state index in [2.05, 4.69) is 85.0 Å². The number of rotatable bonds is 1. The minimum atomic E-state index is -0.0393. The van der Waals surface area contributed by atoms with Crippen molar-refractivity contribution >= 4 is 16.4 Å². The second kappa shape index (κ2) is 4.57. The maximum Gasteiger partial charge on any atom is 0.142 e. The van der Waals surface area contributed by atoms with Crippen molar-refractivity contribution in [3.63, 3.8) is 0 Å². The van der Waals surface area contributed by atoms with Gasteiger partial charge >= 0.3 is 0 Å². The second-order valence-electron chi connectivity index (χ2n) is 7.03. The fraction of sp³-hybridized carbons (Fsp3) is 0.136. The van der Waals surface area contributed by atoms with Gasteiger partial charge in [-0.3, -0.25) is 4.40 Å². The molecule has 1 aliphatic heterocycles. The van der Waals surface area contributed by atoms with Gasteiger partial charge in [-0.05, 0) is 17.7 Å². The third-order valence-corrected chi connectivity index (χ3v) is 5.05. The molecule has 24 heavy (non-hydrogen) atoms. The third-order valence-electron chi connectivity index (χ3n) is 5.05. The fourth-order valence-electron chi connectivity index (χ4n) is 3.93. The van der Waals surface area contributed by atoms with E-state index in [1.165, 1.54) is 33.1 Å². The topological polar surface area (TPSA) is 16.8 Å². The molecule has 2 heteroatoms. The average Bonchev–Trinajstić information content (AvgIpc) is 3.11. The first kappa shape index (κ1) is 13.6. The molecule has 0 amide bonds. The molecule has 0 atom stereocenters. The summed E-state index contributed by atoms with van der Waals surface area (Å²) in [6.45, 7) is 4.54. The van der Waals surface area contributed by atoms with Crippen LogP contribution in [0, 0.1) is 0 Å². The Balaban J connectivity index is 2.06. The number of nitrogens with zero attached hydrogens (tertiary/aromatic N) is 2. The molecule has 0 spiro atoms. The molecule has 116 valence electrons. The number of aromatic nitrogens is 1. The Morgan fingerprint density at radius 2 is 1.62 bits per heavy atom.